The SMILES string of the molecule is CC1(C)OC(=O)C(C=Nc2ccc(Br)cn2)C(=O)O1.CCOC(OCC)OCC. The maximum absolute atomic E-state index is 11.7. The minimum atomic E-state index is -1.23. The van der Waals surface area contributed by atoms with Crippen LogP contribution in [0.1, 0.15) is 34.6 Å². The van der Waals surface area contributed by atoms with Crippen LogP contribution in [0.2, 0.25) is 0 Å². The normalized spacial score (nSPS) is 16.4. The number of carbonyl (C=O) groups is 2. The average Bonchev–Trinajstić information content (AvgIpc) is 2.63. The highest BCUT2D eigenvalue weighted by atomic mass is 79.9. The van der Waals surface area contributed by atoms with E-state index in [0.29, 0.717) is 25.6 Å². The molecule has 2 rings (SSSR count). The quantitative estimate of drug-likeness (QED) is 0.244. The van der Waals surface area contributed by atoms with Gasteiger partial charge in [-0.15, -0.1) is 0 Å². The van der Waals surface area contributed by atoms with Gasteiger partial charge in [0.2, 0.25) is 0 Å². The van der Waals surface area contributed by atoms with E-state index in [-0.39, 0.29) is 0 Å². The largest absolute Gasteiger partial charge is 0.422 e. The number of carbonyl (C=O) groups excluding carboxylic acids is 2. The van der Waals surface area contributed by atoms with Crippen molar-refractivity contribution in [3.05, 3.63) is 22.8 Å². The molecule has 1 saturated heterocycles. The van der Waals surface area contributed by atoms with Crippen LogP contribution in [0.3, 0.4) is 0 Å². The number of hydrogen-bond donors (Lipinski definition) is 0. The Kier molecular flexibility index (Phi) is 11.0. The Hall–Kier alpha value is -1.88. The number of nitrogens with zero attached hydrogens (tertiary/aromatic N) is 2. The van der Waals surface area contributed by atoms with Crippen LogP contribution < -0.4 is 0 Å². The summed E-state index contributed by atoms with van der Waals surface area (Å²) < 4.78 is 26.0. The second-order valence-corrected chi connectivity index (χ2v) is 6.90. The Morgan fingerprint density at radius 2 is 1.62 bits per heavy atom. The van der Waals surface area contributed by atoms with Gasteiger partial charge >= 0.3 is 11.9 Å². The van der Waals surface area contributed by atoms with Crippen LogP contribution in [0.15, 0.2) is 27.8 Å². The standard InChI is InChI=1S/C12H11BrN2O4.C7H16O3/c1-12(2)18-10(16)8(11(17)19-12)6-15-9-4-3-7(13)5-14-9;1-4-8-7(9-5-2)10-6-3/h3-6,8H,1-2H3;7H,4-6H2,1-3H3. The van der Waals surface area contributed by atoms with Crippen molar-refractivity contribution in [1.82, 2.24) is 4.98 Å². The predicted octanol–water partition coefficient (Wildman–Crippen LogP) is 3.38. The van der Waals surface area contributed by atoms with Gasteiger partial charge in [0.05, 0.1) is 0 Å². The van der Waals surface area contributed by atoms with Crippen LogP contribution in [0.25, 0.3) is 0 Å². The van der Waals surface area contributed by atoms with Gasteiger partial charge in [-0.05, 0) is 48.8 Å². The van der Waals surface area contributed by atoms with E-state index in [1.54, 1.807) is 18.3 Å². The molecule has 1 aromatic rings. The second-order valence-electron chi connectivity index (χ2n) is 5.99. The van der Waals surface area contributed by atoms with Gasteiger partial charge in [0.1, 0.15) is 0 Å². The van der Waals surface area contributed by atoms with Gasteiger partial charge in [-0.1, -0.05) is 0 Å². The van der Waals surface area contributed by atoms with E-state index in [1.807, 2.05) is 20.8 Å². The van der Waals surface area contributed by atoms with Gasteiger partial charge in [0.25, 0.3) is 12.3 Å². The van der Waals surface area contributed by atoms with Crippen molar-refractivity contribution in [2.75, 3.05) is 19.8 Å². The highest BCUT2D eigenvalue weighted by Gasteiger charge is 2.42. The predicted molar refractivity (Wildman–Crippen MR) is 109 cm³/mol. The summed E-state index contributed by atoms with van der Waals surface area (Å²) in [6.07, 6.45) is 2.74. The maximum atomic E-state index is 11.7. The molecule has 9 nitrogen and oxygen atoms in total. The zero-order valence-electron chi connectivity index (χ0n) is 17.2. The van der Waals surface area contributed by atoms with Crippen molar-refractivity contribution in [2.45, 2.75) is 46.9 Å². The lowest BCUT2D eigenvalue weighted by Gasteiger charge is -2.31. The summed E-state index contributed by atoms with van der Waals surface area (Å²) in [6, 6.07) is 3.39. The smallest absolute Gasteiger partial charge is 0.329 e. The van der Waals surface area contributed by atoms with Crippen LogP contribution in [0.5, 0.6) is 0 Å². The van der Waals surface area contributed by atoms with Gasteiger partial charge < -0.3 is 23.7 Å². The second kappa shape index (κ2) is 12.6. The molecule has 0 atom stereocenters. The Balaban J connectivity index is 0.000000359. The van der Waals surface area contributed by atoms with Crippen molar-refractivity contribution < 1.29 is 33.3 Å². The molecule has 0 saturated carbocycles. The number of pyridine rings is 1. The molecule has 1 aromatic heterocycles. The fourth-order valence-electron chi connectivity index (χ4n) is 2.00. The Labute approximate surface area is 178 Å². The van der Waals surface area contributed by atoms with E-state index < -0.39 is 30.1 Å². The van der Waals surface area contributed by atoms with Gasteiger partial charge in [-0.25, -0.2) is 9.98 Å². The van der Waals surface area contributed by atoms with Crippen LogP contribution in [0, 0.1) is 5.92 Å². The number of halogens is 1. The van der Waals surface area contributed by atoms with Crippen LogP contribution in [-0.2, 0) is 33.3 Å². The summed E-state index contributed by atoms with van der Waals surface area (Å²) >= 11 is 3.24. The third kappa shape index (κ3) is 9.44. The fourth-order valence-corrected chi connectivity index (χ4v) is 2.23. The number of esters is 2. The van der Waals surface area contributed by atoms with Crippen LogP contribution in [-0.4, -0.2) is 55.2 Å². The molecule has 162 valence electrons. The molecule has 0 bridgehead atoms. The van der Waals surface area contributed by atoms with Crippen molar-refractivity contribution in [3.63, 3.8) is 0 Å². The molecular formula is C19H27BrN2O7. The average molecular weight is 475 g/mol. The molecule has 0 unspecified atom stereocenters. The first kappa shape index (κ1) is 25.2. The van der Waals surface area contributed by atoms with E-state index >= 15 is 0 Å². The van der Waals surface area contributed by atoms with Crippen molar-refractivity contribution in [3.8, 4) is 0 Å². The minimum Gasteiger partial charge on any atom is -0.422 e. The van der Waals surface area contributed by atoms with Gasteiger partial charge in [0, 0.05) is 50.6 Å². The number of rotatable bonds is 8. The Morgan fingerprint density at radius 3 is 2.03 bits per heavy atom. The minimum absolute atomic E-state index is 0.383. The van der Waals surface area contributed by atoms with E-state index in [9.17, 15) is 9.59 Å². The van der Waals surface area contributed by atoms with E-state index in [2.05, 4.69) is 25.9 Å². The van der Waals surface area contributed by atoms with Gasteiger partial charge in [-0.2, -0.15) is 0 Å². The molecule has 0 spiro atoms. The summed E-state index contributed by atoms with van der Waals surface area (Å²) in [6.45, 7) is 10.1. The summed E-state index contributed by atoms with van der Waals surface area (Å²) in [4.78, 5) is 31.3. The molecule has 1 fully saturated rings. The van der Waals surface area contributed by atoms with Crippen LogP contribution >= 0.6 is 15.9 Å². The summed E-state index contributed by atoms with van der Waals surface area (Å²) in [5, 5.41) is 0. The topological polar surface area (TPSA) is 106 Å². The first-order valence-corrected chi connectivity index (χ1v) is 9.97. The number of ether oxygens (including phenoxy) is 5. The third-order valence-corrected chi connectivity index (χ3v) is 3.65. The summed E-state index contributed by atoms with van der Waals surface area (Å²) in [5.74, 6) is -3.36. The lowest BCUT2D eigenvalue weighted by Crippen LogP contribution is -2.46. The first-order chi connectivity index (χ1) is 13.7. The number of aliphatic imine (C=N–C) groups is 1. The molecular weight excluding hydrogens is 448 g/mol. The molecule has 1 aliphatic rings. The highest BCUT2D eigenvalue weighted by Crippen LogP contribution is 2.22. The lowest BCUT2D eigenvalue weighted by atomic mass is 10.1. The molecule has 0 aliphatic carbocycles. The van der Waals surface area contributed by atoms with E-state index in [0.717, 1.165) is 4.47 Å². The molecule has 1 aliphatic heterocycles. The molecule has 0 N–H and O–H groups in total. The molecule has 2 heterocycles. The summed E-state index contributed by atoms with van der Waals surface area (Å²) in [5.41, 5.74) is 0. The Morgan fingerprint density at radius 1 is 1.10 bits per heavy atom. The highest BCUT2D eigenvalue weighted by molar-refractivity contribution is 9.10. The number of hydrogen-bond acceptors (Lipinski definition) is 9. The van der Waals surface area contributed by atoms with Crippen molar-refractivity contribution in [1.29, 1.82) is 0 Å². The zero-order valence-corrected chi connectivity index (χ0v) is 18.8. The van der Waals surface area contributed by atoms with Gasteiger partial charge in [-0.3, -0.25) is 9.59 Å². The molecule has 0 radical (unpaired) electrons. The third-order valence-electron chi connectivity index (χ3n) is 3.18. The van der Waals surface area contributed by atoms with Crippen molar-refractivity contribution >= 4 is 39.9 Å². The number of cyclic esters (lactones) is 2. The molecule has 0 aromatic carbocycles. The zero-order chi connectivity index (χ0) is 21.9. The lowest BCUT2D eigenvalue weighted by molar-refractivity contribution is -0.282. The van der Waals surface area contributed by atoms with Crippen LogP contribution in [0.4, 0.5) is 5.82 Å². The maximum Gasteiger partial charge on any atom is 0.329 e. The fraction of sp³-hybridized carbons (Fsp3) is 0.579. The Bertz CT molecular complexity index is 645. The van der Waals surface area contributed by atoms with Gasteiger partial charge in [0.15, 0.2) is 11.7 Å². The molecule has 10 heteroatoms. The molecule has 0 amide bonds. The van der Waals surface area contributed by atoms with E-state index in [1.165, 1.54) is 20.1 Å². The summed E-state index contributed by atoms with van der Waals surface area (Å²) in [7, 11) is 0. The monoisotopic (exact) mass is 474 g/mol. The molecule has 29 heavy (non-hydrogen) atoms. The van der Waals surface area contributed by atoms with E-state index in [4.69, 9.17) is 23.7 Å². The number of aromatic nitrogens is 1. The first-order valence-electron chi connectivity index (χ1n) is 9.18. The van der Waals surface area contributed by atoms with Crippen molar-refractivity contribution in [2.24, 2.45) is 10.9 Å².